The number of piperazine rings is 1. The zero-order valence-corrected chi connectivity index (χ0v) is 20.4. The van der Waals surface area contributed by atoms with Gasteiger partial charge in [-0.3, -0.25) is 9.69 Å². The standard InChI is InChI=1S/C27H32N4O.ClH.H2O/c1-28-24-13-8-14-25(21-24)29-26(32)15-16-30-17-19-31(20-18-30)27(22-9-4-2-5-10-22)23-11-6-3-7-12-23;;/h2-14,21,27-28H,15-20H2,1H3,(H,29,32);1H;1H2. The van der Waals surface area contributed by atoms with E-state index in [-0.39, 0.29) is 29.8 Å². The summed E-state index contributed by atoms with van der Waals surface area (Å²) in [6.07, 6.45) is 0.505. The first-order chi connectivity index (χ1) is 15.7. The van der Waals surface area contributed by atoms with E-state index in [4.69, 9.17) is 0 Å². The van der Waals surface area contributed by atoms with Crippen LogP contribution in [0.4, 0.5) is 11.4 Å². The van der Waals surface area contributed by atoms with Gasteiger partial charge in [-0.2, -0.15) is 0 Å². The van der Waals surface area contributed by atoms with Gasteiger partial charge in [-0.25, -0.2) is 0 Å². The first-order valence-electron chi connectivity index (χ1n) is 11.4. The largest absolute Gasteiger partial charge is 0.412 e. The molecule has 4 rings (SSSR count). The third kappa shape index (κ3) is 7.30. The van der Waals surface area contributed by atoms with E-state index in [1.54, 1.807) is 0 Å². The number of nitrogens with one attached hydrogen (secondary N) is 2. The van der Waals surface area contributed by atoms with Gasteiger partial charge in [0, 0.05) is 57.6 Å². The molecule has 1 heterocycles. The van der Waals surface area contributed by atoms with Crippen LogP contribution in [-0.4, -0.2) is 61.0 Å². The molecular weight excluding hydrogens is 448 g/mol. The molecule has 0 aliphatic carbocycles. The molecule has 0 aromatic heterocycles. The number of carbonyl (C=O) groups excluding carboxylic acids is 1. The molecule has 3 aromatic carbocycles. The van der Waals surface area contributed by atoms with Crippen molar-refractivity contribution in [3.05, 3.63) is 96.1 Å². The second-order valence-electron chi connectivity index (χ2n) is 8.23. The third-order valence-electron chi connectivity index (χ3n) is 6.09. The molecule has 6 nitrogen and oxygen atoms in total. The second kappa shape index (κ2) is 13.7. The lowest BCUT2D eigenvalue weighted by molar-refractivity contribution is -0.116. The minimum Gasteiger partial charge on any atom is -0.412 e. The molecule has 182 valence electrons. The van der Waals surface area contributed by atoms with Gasteiger partial charge >= 0.3 is 0 Å². The number of halogens is 1. The van der Waals surface area contributed by atoms with Gasteiger partial charge in [-0.05, 0) is 29.3 Å². The summed E-state index contributed by atoms with van der Waals surface area (Å²) in [7, 11) is 1.88. The van der Waals surface area contributed by atoms with E-state index >= 15 is 0 Å². The van der Waals surface area contributed by atoms with Crippen LogP contribution in [0.3, 0.4) is 0 Å². The maximum absolute atomic E-state index is 12.4. The van der Waals surface area contributed by atoms with Crippen LogP contribution in [0.25, 0.3) is 0 Å². The predicted octanol–water partition coefficient (Wildman–Crippen LogP) is 4.06. The van der Waals surface area contributed by atoms with Crippen LogP contribution in [0.15, 0.2) is 84.9 Å². The van der Waals surface area contributed by atoms with Crippen LogP contribution in [-0.2, 0) is 4.79 Å². The van der Waals surface area contributed by atoms with Crippen LogP contribution >= 0.6 is 12.4 Å². The van der Waals surface area contributed by atoms with E-state index in [0.29, 0.717) is 6.42 Å². The van der Waals surface area contributed by atoms with Gasteiger partial charge < -0.3 is 21.0 Å². The van der Waals surface area contributed by atoms with Crippen molar-refractivity contribution in [2.45, 2.75) is 12.5 Å². The Morgan fingerprint density at radius 1 is 0.824 bits per heavy atom. The molecule has 3 aromatic rings. The Labute approximate surface area is 208 Å². The molecular formula is C27H35ClN4O2. The average molecular weight is 483 g/mol. The number of rotatable bonds is 8. The zero-order valence-electron chi connectivity index (χ0n) is 19.6. The van der Waals surface area contributed by atoms with Crippen molar-refractivity contribution in [3.63, 3.8) is 0 Å². The Kier molecular flexibility index (Phi) is 11.0. The van der Waals surface area contributed by atoms with Gasteiger partial charge in [0.1, 0.15) is 0 Å². The Hall–Kier alpha value is -2.90. The summed E-state index contributed by atoms with van der Waals surface area (Å²) in [5, 5.41) is 6.11. The Morgan fingerprint density at radius 3 is 1.94 bits per heavy atom. The molecule has 0 unspecified atom stereocenters. The minimum absolute atomic E-state index is 0. The van der Waals surface area contributed by atoms with Crippen molar-refractivity contribution in [3.8, 4) is 0 Å². The second-order valence-corrected chi connectivity index (χ2v) is 8.23. The van der Waals surface area contributed by atoms with E-state index in [1.807, 2.05) is 31.3 Å². The smallest absolute Gasteiger partial charge is 0.225 e. The maximum Gasteiger partial charge on any atom is 0.225 e. The minimum atomic E-state index is 0. The highest BCUT2D eigenvalue weighted by atomic mass is 35.5. The first-order valence-corrected chi connectivity index (χ1v) is 11.4. The Balaban J connectivity index is 0.00000204. The highest BCUT2D eigenvalue weighted by Crippen LogP contribution is 2.29. The molecule has 7 heteroatoms. The van der Waals surface area contributed by atoms with E-state index in [9.17, 15) is 4.79 Å². The number of carbonyl (C=O) groups is 1. The topological polar surface area (TPSA) is 79.1 Å². The van der Waals surface area contributed by atoms with Gasteiger partial charge in [0.05, 0.1) is 6.04 Å². The van der Waals surface area contributed by atoms with Gasteiger partial charge in [0.15, 0.2) is 0 Å². The monoisotopic (exact) mass is 482 g/mol. The highest BCUT2D eigenvalue weighted by molar-refractivity contribution is 5.91. The summed E-state index contributed by atoms with van der Waals surface area (Å²) in [5.41, 5.74) is 4.48. The van der Waals surface area contributed by atoms with Crippen molar-refractivity contribution in [1.82, 2.24) is 9.80 Å². The normalized spacial score (nSPS) is 14.1. The average Bonchev–Trinajstić information content (AvgIpc) is 2.85. The summed E-state index contributed by atoms with van der Waals surface area (Å²) < 4.78 is 0. The number of anilines is 2. The fraction of sp³-hybridized carbons (Fsp3) is 0.296. The number of hydrogen-bond donors (Lipinski definition) is 2. The van der Waals surface area contributed by atoms with Crippen molar-refractivity contribution < 1.29 is 10.3 Å². The molecule has 0 radical (unpaired) electrons. The lowest BCUT2D eigenvalue weighted by Crippen LogP contribution is -2.48. The van der Waals surface area contributed by atoms with E-state index in [2.05, 4.69) is 81.1 Å². The van der Waals surface area contributed by atoms with Crippen LogP contribution in [0, 0.1) is 0 Å². The van der Waals surface area contributed by atoms with E-state index < -0.39 is 0 Å². The predicted molar refractivity (Wildman–Crippen MR) is 143 cm³/mol. The van der Waals surface area contributed by atoms with Crippen LogP contribution in [0.2, 0.25) is 0 Å². The number of hydrogen-bond acceptors (Lipinski definition) is 4. The lowest BCUT2D eigenvalue weighted by Gasteiger charge is -2.39. The number of benzene rings is 3. The molecule has 1 fully saturated rings. The van der Waals surface area contributed by atoms with Crippen LogP contribution in [0.1, 0.15) is 23.6 Å². The number of amides is 1. The maximum atomic E-state index is 12.4. The summed E-state index contributed by atoms with van der Waals surface area (Å²) in [6, 6.07) is 29.6. The summed E-state index contributed by atoms with van der Waals surface area (Å²) in [6.45, 7) is 4.70. The molecule has 1 aliphatic rings. The van der Waals surface area contributed by atoms with Crippen LogP contribution < -0.4 is 10.6 Å². The molecule has 0 bridgehead atoms. The molecule has 0 spiro atoms. The van der Waals surface area contributed by atoms with Gasteiger partial charge in [-0.15, -0.1) is 12.4 Å². The fourth-order valence-corrected chi connectivity index (χ4v) is 4.37. The SMILES string of the molecule is CNc1cccc(NC(=O)CCN2CCN(C(c3ccccc3)c3ccccc3)CC2)c1.Cl.O. The summed E-state index contributed by atoms with van der Waals surface area (Å²) in [5.74, 6) is 0.0622. The van der Waals surface area contributed by atoms with Gasteiger partial charge in [-0.1, -0.05) is 66.7 Å². The van der Waals surface area contributed by atoms with Crippen molar-refractivity contribution >= 4 is 29.7 Å². The fourth-order valence-electron chi connectivity index (χ4n) is 4.37. The summed E-state index contributed by atoms with van der Waals surface area (Å²) >= 11 is 0. The quantitative estimate of drug-likeness (QED) is 0.507. The molecule has 1 saturated heterocycles. The molecule has 1 aliphatic heterocycles. The van der Waals surface area contributed by atoms with Gasteiger partial charge in [0.25, 0.3) is 0 Å². The number of nitrogens with zero attached hydrogens (tertiary/aromatic N) is 2. The lowest BCUT2D eigenvalue weighted by atomic mass is 9.96. The summed E-state index contributed by atoms with van der Waals surface area (Å²) in [4.78, 5) is 17.4. The Bertz CT molecular complexity index is 956. The molecule has 0 atom stereocenters. The molecule has 34 heavy (non-hydrogen) atoms. The Morgan fingerprint density at radius 2 is 1.38 bits per heavy atom. The van der Waals surface area contributed by atoms with Crippen molar-refractivity contribution in [1.29, 1.82) is 0 Å². The van der Waals surface area contributed by atoms with Gasteiger partial charge in [0.2, 0.25) is 5.91 Å². The zero-order chi connectivity index (χ0) is 22.2. The van der Waals surface area contributed by atoms with E-state index in [1.165, 1.54) is 11.1 Å². The first kappa shape index (κ1) is 27.3. The van der Waals surface area contributed by atoms with Crippen molar-refractivity contribution in [2.24, 2.45) is 0 Å². The molecule has 0 saturated carbocycles. The highest BCUT2D eigenvalue weighted by Gasteiger charge is 2.26. The third-order valence-corrected chi connectivity index (χ3v) is 6.09. The van der Waals surface area contributed by atoms with E-state index in [0.717, 1.165) is 44.1 Å². The van der Waals surface area contributed by atoms with Crippen LogP contribution in [0.5, 0.6) is 0 Å². The molecule has 4 N–H and O–H groups in total. The van der Waals surface area contributed by atoms with Crippen molar-refractivity contribution in [2.75, 3.05) is 50.4 Å². The molecule has 1 amide bonds.